The number of carboxylic acid groups (broad SMARTS) is 1. The van der Waals surface area contributed by atoms with Crippen LogP contribution in [0.1, 0.15) is 19.4 Å². The van der Waals surface area contributed by atoms with Crippen molar-refractivity contribution in [2.24, 2.45) is 5.92 Å². The van der Waals surface area contributed by atoms with Gasteiger partial charge >= 0.3 is 5.97 Å². The first-order valence-electron chi connectivity index (χ1n) is 5.82. The first-order chi connectivity index (χ1) is 8.81. The van der Waals surface area contributed by atoms with Crippen LogP contribution in [0.15, 0.2) is 35.2 Å². The zero-order valence-corrected chi connectivity index (χ0v) is 11.6. The molecule has 0 aliphatic rings. The molecule has 0 bridgehead atoms. The summed E-state index contributed by atoms with van der Waals surface area (Å²) in [5.41, 5.74) is 0.523. The van der Waals surface area contributed by atoms with E-state index in [0.29, 0.717) is 12.1 Å². The van der Waals surface area contributed by atoms with Crippen LogP contribution < -0.4 is 4.72 Å². The van der Waals surface area contributed by atoms with Crippen LogP contribution in [-0.4, -0.2) is 26.0 Å². The number of rotatable bonds is 6. The Morgan fingerprint density at radius 2 is 2.11 bits per heavy atom. The van der Waals surface area contributed by atoms with Gasteiger partial charge in [-0.25, -0.2) is 17.9 Å². The third-order valence-corrected chi connectivity index (χ3v) is 3.69. The van der Waals surface area contributed by atoms with Crippen molar-refractivity contribution >= 4 is 22.1 Å². The van der Waals surface area contributed by atoms with Crippen molar-refractivity contribution in [2.75, 3.05) is 6.54 Å². The van der Waals surface area contributed by atoms with Crippen molar-refractivity contribution < 1.29 is 18.3 Å². The molecule has 1 aromatic rings. The van der Waals surface area contributed by atoms with Crippen LogP contribution in [0, 0.1) is 5.92 Å². The Morgan fingerprint density at radius 1 is 1.42 bits per heavy atom. The average Bonchev–Trinajstić information content (AvgIpc) is 2.34. The number of hydrogen-bond acceptors (Lipinski definition) is 3. The summed E-state index contributed by atoms with van der Waals surface area (Å²) in [5.74, 6) is -0.865. The Bertz CT molecular complexity index is 576. The van der Waals surface area contributed by atoms with Crippen LogP contribution >= 0.6 is 0 Å². The molecule has 0 radical (unpaired) electrons. The minimum Gasteiger partial charge on any atom is -0.478 e. The van der Waals surface area contributed by atoms with E-state index in [4.69, 9.17) is 5.11 Å². The molecule has 0 saturated heterocycles. The Kier molecular flexibility index (Phi) is 5.26. The molecule has 0 aromatic heterocycles. The molecule has 2 N–H and O–H groups in total. The summed E-state index contributed by atoms with van der Waals surface area (Å²) in [6, 6.07) is 6.12. The molecule has 1 aromatic carbocycles. The largest absolute Gasteiger partial charge is 0.478 e. The predicted octanol–water partition coefficient (Wildman–Crippen LogP) is 1.72. The molecule has 0 aliphatic heterocycles. The molecule has 0 unspecified atom stereocenters. The second-order valence-electron chi connectivity index (χ2n) is 4.49. The van der Waals surface area contributed by atoms with Gasteiger partial charge in [-0.2, -0.15) is 0 Å². The van der Waals surface area contributed by atoms with Crippen molar-refractivity contribution in [3.8, 4) is 0 Å². The van der Waals surface area contributed by atoms with Crippen molar-refractivity contribution in [1.82, 2.24) is 4.72 Å². The van der Waals surface area contributed by atoms with Crippen molar-refractivity contribution in [2.45, 2.75) is 18.7 Å². The minimum absolute atomic E-state index is 0.126. The van der Waals surface area contributed by atoms with Crippen molar-refractivity contribution in [3.05, 3.63) is 35.9 Å². The Hall–Kier alpha value is -1.66. The summed E-state index contributed by atoms with van der Waals surface area (Å²) < 4.78 is 26.4. The molecular weight excluding hydrogens is 266 g/mol. The lowest BCUT2D eigenvalue weighted by Gasteiger charge is -2.09. The maximum Gasteiger partial charge on any atom is 0.328 e. The monoisotopic (exact) mass is 283 g/mol. The van der Waals surface area contributed by atoms with E-state index in [9.17, 15) is 13.2 Å². The molecule has 1 rings (SSSR count). The van der Waals surface area contributed by atoms with E-state index in [1.807, 2.05) is 13.8 Å². The minimum atomic E-state index is -3.55. The van der Waals surface area contributed by atoms with Gasteiger partial charge in [-0.15, -0.1) is 0 Å². The lowest BCUT2D eigenvalue weighted by atomic mass is 10.2. The highest BCUT2D eigenvalue weighted by Crippen LogP contribution is 2.13. The molecule has 104 valence electrons. The lowest BCUT2D eigenvalue weighted by Crippen LogP contribution is -2.27. The molecular formula is C13H17NO4S. The van der Waals surface area contributed by atoms with Gasteiger partial charge < -0.3 is 5.11 Å². The lowest BCUT2D eigenvalue weighted by molar-refractivity contribution is -0.131. The Balaban J connectivity index is 2.95. The fourth-order valence-corrected chi connectivity index (χ4v) is 2.58. The molecule has 0 heterocycles. The molecule has 19 heavy (non-hydrogen) atoms. The number of aliphatic carboxylic acids is 1. The molecule has 0 spiro atoms. The summed E-state index contributed by atoms with van der Waals surface area (Å²) in [5, 5.41) is 8.53. The third kappa shape index (κ3) is 5.23. The first kappa shape index (κ1) is 15.4. The molecule has 0 fully saturated rings. The van der Waals surface area contributed by atoms with Crippen LogP contribution in [0.5, 0.6) is 0 Å². The van der Waals surface area contributed by atoms with E-state index in [1.165, 1.54) is 18.2 Å². The second kappa shape index (κ2) is 6.49. The molecule has 0 atom stereocenters. The first-order valence-corrected chi connectivity index (χ1v) is 7.30. The van der Waals surface area contributed by atoms with Crippen molar-refractivity contribution in [1.29, 1.82) is 0 Å². The normalized spacial score (nSPS) is 12.2. The van der Waals surface area contributed by atoms with Crippen LogP contribution in [-0.2, 0) is 14.8 Å². The highest BCUT2D eigenvalue weighted by Gasteiger charge is 2.13. The van der Waals surface area contributed by atoms with Crippen LogP contribution in [0.3, 0.4) is 0 Å². The smallest absolute Gasteiger partial charge is 0.328 e. The number of hydrogen-bond donors (Lipinski definition) is 2. The number of carbonyl (C=O) groups is 1. The van der Waals surface area contributed by atoms with Gasteiger partial charge in [-0.05, 0) is 29.7 Å². The summed E-state index contributed by atoms with van der Waals surface area (Å²) in [4.78, 5) is 10.5. The SMILES string of the molecule is CC(C)CNS(=O)(=O)c1cccc(C=CC(=O)O)c1. The summed E-state index contributed by atoms with van der Waals surface area (Å²) in [6.45, 7) is 4.18. The summed E-state index contributed by atoms with van der Waals surface area (Å²) in [6.07, 6.45) is 2.32. The van der Waals surface area contributed by atoms with E-state index in [0.717, 1.165) is 6.08 Å². The number of nitrogens with one attached hydrogen (secondary N) is 1. The molecule has 0 aliphatic carbocycles. The molecule has 0 saturated carbocycles. The third-order valence-electron chi connectivity index (χ3n) is 2.27. The van der Waals surface area contributed by atoms with E-state index >= 15 is 0 Å². The van der Waals surface area contributed by atoms with E-state index in [1.54, 1.807) is 12.1 Å². The Labute approximate surface area is 113 Å². The predicted molar refractivity (Wildman–Crippen MR) is 73.1 cm³/mol. The maximum atomic E-state index is 12.0. The molecule has 0 amide bonds. The van der Waals surface area contributed by atoms with Gasteiger partial charge in [0.05, 0.1) is 4.90 Å². The molecule has 6 heteroatoms. The topological polar surface area (TPSA) is 83.5 Å². The quantitative estimate of drug-likeness (QED) is 0.779. The summed E-state index contributed by atoms with van der Waals surface area (Å²) in [7, 11) is -3.55. The van der Waals surface area contributed by atoms with Gasteiger partial charge in [0, 0.05) is 12.6 Å². The van der Waals surface area contributed by atoms with Gasteiger partial charge in [0.25, 0.3) is 0 Å². The van der Waals surface area contributed by atoms with E-state index in [-0.39, 0.29) is 10.8 Å². The highest BCUT2D eigenvalue weighted by molar-refractivity contribution is 7.89. The Morgan fingerprint density at radius 3 is 2.68 bits per heavy atom. The standard InChI is InChI=1S/C13H17NO4S/c1-10(2)9-14-19(17,18)12-5-3-4-11(8-12)6-7-13(15)16/h3-8,10,14H,9H2,1-2H3,(H,15,16). The van der Waals surface area contributed by atoms with Crippen molar-refractivity contribution in [3.63, 3.8) is 0 Å². The fourth-order valence-electron chi connectivity index (χ4n) is 1.31. The zero-order valence-electron chi connectivity index (χ0n) is 10.8. The van der Waals surface area contributed by atoms with Gasteiger partial charge in [-0.1, -0.05) is 26.0 Å². The zero-order chi connectivity index (χ0) is 14.5. The van der Waals surface area contributed by atoms with E-state index < -0.39 is 16.0 Å². The average molecular weight is 283 g/mol. The highest BCUT2D eigenvalue weighted by atomic mass is 32.2. The maximum absolute atomic E-state index is 12.0. The fraction of sp³-hybridized carbons (Fsp3) is 0.308. The number of carboxylic acids is 1. The van der Waals surface area contributed by atoms with Crippen LogP contribution in [0.2, 0.25) is 0 Å². The molecule has 5 nitrogen and oxygen atoms in total. The van der Waals surface area contributed by atoms with Gasteiger partial charge in [-0.3, -0.25) is 0 Å². The van der Waals surface area contributed by atoms with Gasteiger partial charge in [0.15, 0.2) is 0 Å². The van der Waals surface area contributed by atoms with Crippen LogP contribution in [0.4, 0.5) is 0 Å². The van der Waals surface area contributed by atoms with Crippen LogP contribution in [0.25, 0.3) is 6.08 Å². The van der Waals surface area contributed by atoms with Gasteiger partial charge in [0.1, 0.15) is 0 Å². The number of benzene rings is 1. The summed E-state index contributed by atoms with van der Waals surface area (Å²) >= 11 is 0. The van der Waals surface area contributed by atoms with Gasteiger partial charge in [0.2, 0.25) is 10.0 Å². The second-order valence-corrected chi connectivity index (χ2v) is 6.26. The number of sulfonamides is 1. The van der Waals surface area contributed by atoms with E-state index in [2.05, 4.69) is 4.72 Å².